The zero-order valence-corrected chi connectivity index (χ0v) is 15.0. The second-order valence-electron chi connectivity index (χ2n) is 5.42. The molecule has 5 nitrogen and oxygen atoms in total. The van der Waals surface area contributed by atoms with E-state index in [4.69, 9.17) is 0 Å². The average Bonchev–Trinajstić information content (AvgIpc) is 3.28. The smallest absolute Gasteiger partial charge is 0.269 e. The van der Waals surface area contributed by atoms with Gasteiger partial charge < -0.3 is 5.32 Å². The van der Waals surface area contributed by atoms with Crippen LogP contribution in [0.5, 0.6) is 0 Å². The van der Waals surface area contributed by atoms with Crippen molar-refractivity contribution in [3.05, 3.63) is 59.1 Å². The molecule has 0 unspecified atom stereocenters. The van der Waals surface area contributed by atoms with Gasteiger partial charge in [-0.25, -0.2) is 4.98 Å². The van der Waals surface area contributed by atoms with Crippen LogP contribution in [-0.4, -0.2) is 20.5 Å². The fourth-order valence-electron chi connectivity index (χ4n) is 2.53. The molecule has 4 rings (SSSR count). The molecule has 0 atom stereocenters. The zero-order valence-electron chi connectivity index (χ0n) is 13.4. The van der Waals surface area contributed by atoms with Gasteiger partial charge in [-0.2, -0.15) is 0 Å². The Hall–Kier alpha value is -2.64. The number of carbonyl (C=O) groups excluding carboxylic acids is 1. The Labute approximate surface area is 152 Å². The molecule has 0 bridgehead atoms. The summed E-state index contributed by atoms with van der Waals surface area (Å²) in [6.07, 6.45) is 0.686. The van der Waals surface area contributed by atoms with Crippen molar-refractivity contribution in [1.82, 2.24) is 14.6 Å². The highest BCUT2D eigenvalue weighted by Gasteiger charge is 2.15. The van der Waals surface area contributed by atoms with E-state index >= 15 is 0 Å². The fourth-order valence-corrected chi connectivity index (χ4v) is 4.13. The number of anilines is 1. The maximum absolute atomic E-state index is 12.4. The van der Waals surface area contributed by atoms with Crippen molar-refractivity contribution in [3.8, 4) is 10.6 Å². The molecule has 0 saturated carbocycles. The van der Waals surface area contributed by atoms with Gasteiger partial charge in [-0.3, -0.25) is 4.79 Å². The quantitative estimate of drug-likeness (QED) is 0.572. The summed E-state index contributed by atoms with van der Waals surface area (Å²) in [6, 6.07) is 15.8. The zero-order chi connectivity index (χ0) is 17.2. The van der Waals surface area contributed by atoms with E-state index in [1.165, 1.54) is 0 Å². The van der Waals surface area contributed by atoms with Gasteiger partial charge in [-0.15, -0.1) is 16.4 Å². The lowest BCUT2D eigenvalue weighted by Gasteiger charge is -2.05. The summed E-state index contributed by atoms with van der Waals surface area (Å²) < 4.78 is 5.02. The van der Waals surface area contributed by atoms with Crippen LogP contribution in [0.3, 0.4) is 0 Å². The van der Waals surface area contributed by atoms with Crippen molar-refractivity contribution in [3.63, 3.8) is 0 Å². The molecule has 0 saturated heterocycles. The number of hydrogen-bond acceptors (Lipinski definition) is 6. The number of nitrogens with one attached hydrogen (secondary N) is 1. The first-order valence-corrected chi connectivity index (χ1v) is 9.42. The number of aromatic nitrogens is 3. The number of amides is 1. The second kappa shape index (κ2) is 6.70. The minimum Gasteiger partial charge on any atom is -0.321 e. The van der Waals surface area contributed by atoms with Crippen LogP contribution >= 0.6 is 22.9 Å². The molecule has 0 radical (unpaired) electrons. The third kappa shape index (κ3) is 3.16. The van der Waals surface area contributed by atoms with Gasteiger partial charge in [-0.05, 0) is 42.2 Å². The first-order chi connectivity index (χ1) is 12.2. The molecule has 25 heavy (non-hydrogen) atoms. The Bertz CT molecular complexity index is 1020. The maximum atomic E-state index is 12.4. The highest BCUT2D eigenvalue weighted by atomic mass is 32.1. The third-order valence-corrected chi connectivity index (χ3v) is 5.61. The van der Waals surface area contributed by atoms with Gasteiger partial charge in [0, 0.05) is 11.3 Å². The van der Waals surface area contributed by atoms with Gasteiger partial charge in [0.1, 0.15) is 9.88 Å². The van der Waals surface area contributed by atoms with Crippen LogP contribution in [0, 0.1) is 0 Å². The van der Waals surface area contributed by atoms with Crippen molar-refractivity contribution in [1.29, 1.82) is 0 Å². The van der Waals surface area contributed by atoms with Gasteiger partial charge in [0.15, 0.2) is 0 Å². The largest absolute Gasteiger partial charge is 0.321 e. The minimum atomic E-state index is -0.173. The van der Waals surface area contributed by atoms with E-state index < -0.39 is 0 Å². The van der Waals surface area contributed by atoms with Crippen LogP contribution in [0.15, 0.2) is 48.5 Å². The van der Waals surface area contributed by atoms with Crippen LogP contribution < -0.4 is 5.32 Å². The van der Waals surface area contributed by atoms with Crippen LogP contribution in [0.1, 0.15) is 22.3 Å². The summed E-state index contributed by atoms with van der Waals surface area (Å²) in [6.45, 7) is 1.96. The lowest BCUT2D eigenvalue weighted by molar-refractivity contribution is 0.102. The molecule has 2 aromatic carbocycles. The van der Waals surface area contributed by atoms with Crippen molar-refractivity contribution in [2.24, 2.45) is 0 Å². The number of hydrogen-bond donors (Lipinski definition) is 1. The van der Waals surface area contributed by atoms with Crippen molar-refractivity contribution in [2.45, 2.75) is 13.3 Å². The Balaban J connectivity index is 1.62. The Morgan fingerprint density at radius 3 is 2.88 bits per heavy atom. The highest BCUT2D eigenvalue weighted by molar-refractivity contribution is 7.21. The number of benzene rings is 2. The van der Waals surface area contributed by atoms with E-state index in [1.54, 1.807) is 11.3 Å². The molecular weight excluding hydrogens is 352 g/mol. The molecule has 0 aliphatic heterocycles. The molecule has 1 N–H and O–H groups in total. The number of para-hydroxylation sites is 1. The van der Waals surface area contributed by atoms with E-state index in [-0.39, 0.29) is 5.91 Å². The molecule has 7 heteroatoms. The van der Waals surface area contributed by atoms with Crippen molar-refractivity contribution < 1.29 is 4.79 Å². The highest BCUT2D eigenvalue weighted by Crippen LogP contribution is 2.31. The van der Waals surface area contributed by atoms with E-state index in [0.717, 1.165) is 43.7 Å². The molecule has 4 aromatic rings. The standard InChI is InChI=1S/C18H14N4OS2/c1-2-13-16(25-22-21-13)17(23)19-12-7-5-6-11(10-12)18-20-14-8-3-4-9-15(14)24-18/h3-10H,2H2,1H3,(H,19,23). The van der Waals surface area contributed by atoms with Gasteiger partial charge in [0.2, 0.25) is 0 Å². The van der Waals surface area contributed by atoms with Gasteiger partial charge in [-0.1, -0.05) is 35.7 Å². The van der Waals surface area contributed by atoms with E-state index in [2.05, 4.69) is 26.0 Å². The summed E-state index contributed by atoms with van der Waals surface area (Å²) in [5.74, 6) is -0.173. The fraction of sp³-hybridized carbons (Fsp3) is 0.111. The molecule has 0 aliphatic rings. The van der Waals surface area contributed by atoms with Gasteiger partial charge in [0.05, 0.1) is 15.9 Å². The van der Waals surface area contributed by atoms with Crippen molar-refractivity contribution >= 4 is 44.7 Å². The van der Waals surface area contributed by atoms with Crippen LogP contribution in [-0.2, 0) is 6.42 Å². The van der Waals surface area contributed by atoms with E-state index in [0.29, 0.717) is 11.3 Å². The second-order valence-corrected chi connectivity index (χ2v) is 7.21. The van der Waals surface area contributed by atoms with Crippen LogP contribution in [0.2, 0.25) is 0 Å². The molecule has 1 amide bonds. The lowest BCUT2D eigenvalue weighted by Crippen LogP contribution is -2.12. The van der Waals surface area contributed by atoms with E-state index in [1.807, 2.05) is 49.4 Å². The molecule has 124 valence electrons. The number of aryl methyl sites for hydroxylation is 1. The Kier molecular flexibility index (Phi) is 4.25. The normalized spacial score (nSPS) is 10.9. The molecule has 2 aromatic heterocycles. The summed E-state index contributed by atoms with van der Waals surface area (Å²) in [4.78, 5) is 17.7. The summed E-state index contributed by atoms with van der Waals surface area (Å²) in [5.41, 5.74) is 3.43. The topological polar surface area (TPSA) is 67.8 Å². The number of fused-ring (bicyclic) bond motifs is 1. The molecule has 2 heterocycles. The number of rotatable bonds is 4. The van der Waals surface area contributed by atoms with Crippen molar-refractivity contribution in [2.75, 3.05) is 5.32 Å². The molecular formula is C18H14N4OS2. The monoisotopic (exact) mass is 366 g/mol. The van der Waals surface area contributed by atoms with E-state index in [9.17, 15) is 4.79 Å². The molecule has 0 fully saturated rings. The summed E-state index contributed by atoms with van der Waals surface area (Å²) in [7, 11) is 0. The summed E-state index contributed by atoms with van der Waals surface area (Å²) >= 11 is 2.76. The predicted molar refractivity (Wildman–Crippen MR) is 102 cm³/mol. The molecule has 0 spiro atoms. The first-order valence-electron chi connectivity index (χ1n) is 7.83. The van der Waals surface area contributed by atoms with Gasteiger partial charge in [0.25, 0.3) is 5.91 Å². The number of nitrogens with zero attached hydrogens (tertiary/aromatic N) is 3. The third-order valence-electron chi connectivity index (χ3n) is 3.76. The average molecular weight is 366 g/mol. The lowest BCUT2D eigenvalue weighted by atomic mass is 10.2. The number of carbonyl (C=O) groups is 1. The number of thiazole rings is 1. The minimum absolute atomic E-state index is 0.173. The SMILES string of the molecule is CCc1nnsc1C(=O)Nc1cccc(-c2nc3ccccc3s2)c1. The van der Waals surface area contributed by atoms with Gasteiger partial charge >= 0.3 is 0 Å². The molecule has 0 aliphatic carbocycles. The maximum Gasteiger partial charge on any atom is 0.269 e. The Morgan fingerprint density at radius 1 is 1.16 bits per heavy atom. The summed E-state index contributed by atoms with van der Waals surface area (Å²) in [5, 5.41) is 7.85. The first kappa shape index (κ1) is 15.9. The Morgan fingerprint density at radius 2 is 2.04 bits per heavy atom. The van der Waals surface area contributed by atoms with Crippen LogP contribution in [0.25, 0.3) is 20.8 Å². The van der Waals surface area contributed by atoms with Crippen LogP contribution in [0.4, 0.5) is 5.69 Å². The predicted octanol–water partition coefficient (Wildman–Crippen LogP) is 4.63.